The summed E-state index contributed by atoms with van der Waals surface area (Å²) in [5, 5.41) is 0. The maximum absolute atomic E-state index is 13.5. The molecule has 2 amide bonds. The van der Waals surface area contributed by atoms with Gasteiger partial charge in [0.15, 0.2) is 0 Å². The van der Waals surface area contributed by atoms with Crippen molar-refractivity contribution in [3.05, 3.63) is 66.5 Å². The fraction of sp³-hybridized carbons (Fsp3) is 0.444. The third-order valence-electron chi connectivity index (χ3n) is 6.80. The van der Waals surface area contributed by atoms with Crippen LogP contribution >= 0.6 is 0 Å². The lowest BCUT2D eigenvalue weighted by Gasteiger charge is -2.43. The number of carbonyl (C=O) groups excluding carboxylic acids is 2. The number of hydrogen-bond acceptors (Lipinski definition) is 3. The Morgan fingerprint density at radius 2 is 2.03 bits per heavy atom. The number of rotatable bonds is 6. The van der Waals surface area contributed by atoms with E-state index < -0.39 is 5.41 Å². The zero-order valence-corrected chi connectivity index (χ0v) is 19.2. The molecule has 1 aromatic heterocycles. The van der Waals surface area contributed by atoms with Gasteiger partial charge in [0.05, 0.1) is 5.41 Å². The van der Waals surface area contributed by atoms with Gasteiger partial charge in [-0.25, -0.2) is 0 Å². The van der Waals surface area contributed by atoms with Crippen LogP contribution in [0.2, 0.25) is 0 Å². The molecule has 5 heteroatoms. The summed E-state index contributed by atoms with van der Waals surface area (Å²) >= 11 is 0. The molecule has 2 aliphatic rings. The summed E-state index contributed by atoms with van der Waals surface area (Å²) in [7, 11) is 3.64. The van der Waals surface area contributed by atoms with Gasteiger partial charge in [-0.15, -0.1) is 0 Å². The van der Waals surface area contributed by atoms with Crippen LogP contribution in [0.1, 0.15) is 37.7 Å². The van der Waals surface area contributed by atoms with E-state index in [1.807, 2.05) is 43.4 Å². The number of pyridine rings is 1. The van der Waals surface area contributed by atoms with Gasteiger partial charge in [0.25, 0.3) is 0 Å². The Kier molecular flexibility index (Phi) is 6.73. The van der Waals surface area contributed by atoms with Gasteiger partial charge >= 0.3 is 0 Å². The zero-order valence-electron chi connectivity index (χ0n) is 19.2. The van der Waals surface area contributed by atoms with E-state index >= 15 is 0 Å². The highest BCUT2D eigenvalue weighted by atomic mass is 16.2. The van der Waals surface area contributed by atoms with Crippen LogP contribution in [0.5, 0.6) is 0 Å². The van der Waals surface area contributed by atoms with Crippen LogP contribution < -0.4 is 0 Å². The van der Waals surface area contributed by atoms with E-state index in [1.54, 1.807) is 11.1 Å². The van der Waals surface area contributed by atoms with Crippen molar-refractivity contribution in [1.29, 1.82) is 0 Å². The highest BCUT2D eigenvalue weighted by Gasteiger charge is 2.44. The molecule has 32 heavy (non-hydrogen) atoms. The van der Waals surface area contributed by atoms with E-state index in [4.69, 9.17) is 0 Å². The summed E-state index contributed by atoms with van der Waals surface area (Å²) in [6.07, 6.45) is 12.9. The molecule has 5 nitrogen and oxygen atoms in total. The summed E-state index contributed by atoms with van der Waals surface area (Å²) in [5.74, 6) is 0.642. The molecular weight excluding hydrogens is 398 g/mol. The predicted octanol–water partition coefficient (Wildman–Crippen LogP) is 4.34. The lowest BCUT2D eigenvalue weighted by molar-refractivity contribution is -0.147. The normalized spacial score (nSPS) is 22.7. The standard InChI is InChI=1S/C27H33N3O2/c1-29(2)26(32)27(13-7-15-30(20-27)25(31)17-21-8-3-4-9-21)18-22-10-5-11-23(16-22)24-12-6-14-28-19-24/h3,5-6,8,10-12,14,16,19,21H,4,7,9,13,15,17-18,20H2,1-2H3. The van der Waals surface area contributed by atoms with E-state index in [0.29, 0.717) is 25.3 Å². The molecule has 4 rings (SSSR count). The molecule has 1 fully saturated rings. The number of piperidine rings is 1. The Hall–Kier alpha value is -2.95. The lowest BCUT2D eigenvalue weighted by Crippen LogP contribution is -2.54. The summed E-state index contributed by atoms with van der Waals surface area (Å²) in [6.45, 7) is 1.24. The summed E-state index contributed by atoms with van der Waals surface area (Å²) in [5.41, 5.74) is 2.69. The van der Waals surface area contributed by atoms with Crippen molar-refractivity contribution in [2.45, 2.75) is 38.5 Å². The first kappa shape index (κ1) is 22.3. The first-order chi connectivity index (χ1) is 15.5. The van der Waals surface area contributed by atoms with Crippen molar-refractivity contribution >= 4 is 11.8 Å². The smallest absolute Gasteiger partial charge is 0.230 e. The topological polar surface area (TPSA) is 53.5 Å². The van der Waals surface area contributed by atoms with Crippen LogP contribution in [-0.4, -0.2) is 53.8 Å². The molecule has 0 radical (unpaired) electrons. The van der Waals surface area contributed by atoms with E-state index in [0.717, 1.165) is 48.9 Å². The number of likely N-dealkylation sites (tertiary alicyclic amines) is 1. The molecule has 1 aliphatic heterocycles. The zero-order chi connectivity index (χ0) is 22.6. The fourth-order valence-electron chi connectivity index (χ4n) is 5.22. The first-order valence-corrected chi connectivity index (χ1v) is 11.6. The maximum atomic E-state index is 13.5. The summed E-state index contributed by atoms with van der Waals surface area (Å²) < 4.78 is 0. The molecule has 2 atom stereocenters. The minimum absolute atomic E-state index is 0.113. The van der Waals surface area contributed by atoms with Gasteiger partial charge in [0.1, 0.15) is 0 Å². The van der Waals surface area contributed by atoms with E-state index in [-0.39, 0.29) is 11.8 Å². The Morgan fingerprint density at radius 3 is 2.75 bits per heavy atom. The monoisotopic (exact) mass is 431 g/mol. The van der Waals surface area contributed by atoms with Crippen LogP contribution in [0.3, 0.4) is 0 Å². The third-order valence-corrected chi connectivity index (χ3v) is 6.80. The summed E-state index contributed by atoms with van der Waals surface area (Å²) in [4.78, 5) is 34.4. The third kappa shape index (κ3) is 4.93. The Balaban J connectivity index is 1.57. The summed E-state index contributed by atoms with van der Waals surface area (Å²) in [6, 6.07) is 12.4. The van der Waals surface area contributed by atoms with Crippen molar-refractivity contribution in [3.8, 4) is 11.1 Å². The molecule has 2 aromatic rings. The molecule has 2 heterocycles. The maximum Gasteiger partial charge on any atom is 0.230 e. The number of nitrogens with zero attached hydrogens (tertiary/aromatic N) is 3. The van der Waals surface area contributed by atoms with Gasteiger partial charge in [0.2, 0.25) is 11.8 Å². The highest BCUT2D eigenvalue weighted by molar-refractivity contribution is 5.85. The molecule has 1 aliphatic carbocycles. The molecule has 0 N–H and O–H groups in total. The van der Waals surface area contributed by atoms with Gasteiger partial charge in [-0.2, -0.15) is 0 Å². The Bertz CT molecular complexity index is 985. The molecule has 168 valence electrons. The van der Waals surface area contributed by atoms with E-state index in [1.165, 1.54) is 0 Å². The molecule has 2 unspecified atom stereocenters. The number of hydrogen-bond donors (Lipinski definition) is 0. The average Bonchev–Trinajstić information content (AvgIpc) is 3.32. The van der Waals surface area contributed by atoms with E-state index in [2.05, 4.69) is 35.3 Å². The predicted molar refractivity (Wildman–Crippen MR) is 127 cm³/mol. The van der Waals surface area contributed by atoms with Crippen LogP contribution in [0.4, 0.5) is 0 Å². The molecule has 1 aromatic carbocycles. The number of aromatic nitrogens is 1. The van der Waals surface area contributed by atoms with Crippen molar-refractivity contribution < 1.29 is 9.59 Å². The van der Waals surface area contributed by atoms with Gasteiger partial charge in [-0.1, -0.05) is 42.5 Å². The second-order valence-corrected chi connectivity index (χ2v) is 9.49. The van der Waals surface area contributed by atoms with Gasteiger partial charge < -0.3 is 9.80 Å². The van der Waals surface area contributed by atoms with Gasteiger partial charge in [-0.05, 0) is 60.8 Å². The van der Waals surface area contributed by atoms with Crippen LogP contribution in [-0.2, 0) is 16.0 Å². The quantitative estimate of drug-likeness (QED) is 0.639. The first-order valence-electron chi connectivity index (χ1n) is 11.6. The molecule has 0 spiro atoms. The number of allylic oxidation sites excluding steroid dienone is 2. The average molecular weight is 432 g/mol. The van der Waals surface area contributed by atoms with Crippen molar-refractivity contribution in [1.82, 2.24) is 14.8 Å². The SMILES string of the molecule is CN(C)C(=O)C1(Cc2cccc(-c3cccnc3)c2)CCCN(C(=O)CC2C=CCC2)C1. The van der Waals surface area contributed by atoms with Crippen molar-refractivity contribution in [3.63, 3.8) is 0 Å². The van der Waals surface area contributed by atoms with Crippen LogP contribution in [0.15, 0.2) is 60.9 Å². The molecule has 1 saturated heterocycles. The Labute approximate surface area is 191 Å². The lowest BCUT2D eigenvalue weighted by atomic mass is 9.73. The van der Waals surface area contributed by atoms with Gasteiger partial charge in [0, 0.05) is 46.0 Å². The fourth-order valence-corrected chi connectivity index (χ4v) is 5.22. The number of benzene rings is 1. The van der Waals surface area contributed by atoms with Crippen molar-refractivity contribution in [2.75, 3.05) is 27.2 Å². The largest absolute Gasteiger partial charge is 0.348 e. The second kappa shape index (κ2) is 9.68. The van der Waals surface area contributed by atoms with Crippen molar-refractivity contribution in [2.24, 2.45) is 11.3 Å². The highest BCUT2D eigenvalue weighted by Crippen LogP contribution is 2.37. The number of amides is 2. The Morgan fingerprint density at radius 1 is 1.19 bits per heavy atom. The minimum atomic E-state index is -0.587. The molecule has 0 saturated carbocycles. The molecular formula is C27H33N3O2. The molecule has 0 bridgehead atoms. The van der Waals surface area contributed by atoms with Crippen LogP contribution in [0, 0.1) is 11.3 Å². The van der Waals surface area contributed by atoms with Gasteiger partial charge in [-0.3, -0.25) is 14.6 Å². The minimum Gasteiger partial charge on any atom is -0.348 e. The van der Waals surface area contributed by atoms with E-state index in [9.17, 15) is 9.59 Å². The van der Waals surface area contributed by atoms with Crippen LogP contribution in [0.25, 0.3) is 11.1 Å². The number of carbonyl (C=O) groups is 2. The second-order valence-electron chi connectivity index (χ2n) is 9.49.